The lowest BCUT2D eigenvalue weighted by Gasteiger charge is -2.07. The molecule has 0 aliphatic heterocycles. The Morgan fingerprint density at radius 1 is 1.64 bits per heavy atom. The fourth-order valence-electron chi connectivity index (χ4n) is 1.25. The maximum absolute atomic E-state index is 11.8. The summed E-state index contributed by atoms with van der Waals surface area (Å²) < 4.78 is 0. The molecule has 0 spiro atoms. The van der Waals surface area contributed by atoms with Gasteiger partial charge >= 0.3 is 0 Å². The Bertz CT molecular complexity index is 340. The predicted molar refractivity (Wildman–Crippen MR) is 52.6 cm³/mol. The molecular weight excluding hydrogens is 176 g/mol. The number of Topliss-reactive ketones (excluding diaryl/α,β-unsaturated/α-hetero) is 1. The van der Waals surface area contributed by atoms with Gasteiger partial charge in [0.2, 0.25) is 0 Å². The van der Waals surface area contributed by atoms with Crippen molar-refractivity contribution >= 4 is 5.78 Å². The highest BCUT2D eigenvalue weighted by molar-refractivity contribution is 5.96. The summed E-state index contributed by atoms with van der Waals surface area (Å²) in [5.74, 6) is -0.246. The van der Waals surface area contributed by atoms with Gasteiger partial charge in [0.25, 0.3) is 0 Å². The summed E-state index contributed by atoms with van der Waals surface area (Å²) in [6.45, 7) is 1.91. The van der Waals surface area contributed by atoms with Gasteiger partial charge in [0.1, 0.15) is 5.69 Å². The first-order valence-corrected chi connectivity index (χ1v) is 4.61. The van der Waals surface area contributed by atoms with Gasteiger partial charge in [0, 0.05) is 18.5 Å². The molecule has 0 saturated carbocycles. The summed E-state index contributed by atoms with van der Waals surface area (Å²) in [5.41, 5.74) is 0.453. The Morgan fingerprint density at radius 3 is 2.93 bits per heavy atom. The van der Waals surface area contributed by atoms with Crippen molar-refractivity contribution in [3.05, 3.63) is 30.1 Å². The number of carbonyl (C=O) groups excluding carboxylic acids is 1. The number of pyridine rings is 1. The van der Waals surface area contributed by atoms with Crippen molar-refractivity contribution < 1.29 is 4.79 Å². The first-order valence-electron chi connectivity index (χ1n) is 4.61. The molecule has 72 valence electrons. The lowest BCUT2D eigenvalue weighted by atomic mass is 9.95. The summed E-state index contributed by atoms with van der Waals surface area (Å²) >= 11 is 0. The van der Waals surface area contributed by atoms with E-state index in [-0.39, 0.29) is 18.1 Å². The van der Waals surface area contributed by atoms with Gasteiger partial charge < -0.3 is 0 Å². The molecule has 1 atom stereocenters. The molecule has 0 amide bonds. The van der Waals surface area contributed by atoms with Gasteiger partial charge in [-0.05, 0) is 18.6 Å². The highest BCUT2D eigenvalue weighted by Crippen LogP contribution is 2.13. The van der Waals surface area contributed by atoms with E-state index in [1.54, 1.807) is 24.4 Å². The van der Waals surface area contributed by atoms with Crippen molar-refractivity contribution in [2.24, 2.45) is 5.92 Å². The molecule has 0 fully saturated rings. The molecule has 3 heteroatoms. The second-order valence-electron chi connectivity index (χ2n) is 3.05. The lowest BCUT2D eigenvalue weighted by Crippen LogP contribution is -2.14. The summed E-state index contributed by atoms with van der Waals surface area (Å²) in [6, 6.07) is 7.25. The minimum Gasteiger partial charge on any atom is -0.292 e. The monoisotopic (exact) mass is 188 g/mol. The van der Waals surface area contributed by atoms with Gasteiger partial charge in [-0.2, -0.15) is 5.26 Å². The van der Waals surface area contributed by atoms with Crippen molar-refractivity contribution in [1.29, 1.82) is 5.26 Å². The molecular formula is C11H12N2O. The first-order chi connectivity index (χ1) is 6.79. The van der Waals surface area contributed by atoms with Crippen LogP contribution < -0.4 is 0 Å². The van der Waals surface area contributed by atoms with Crippen molar-refractivity contribution in [3.63, 3.8) is 0 Å². The molecule has 0 saturated heterocycles. The van der Waals surface area contributed by atoms with E-state index in [1.165, 1.54) is 0 Å². The van der Waals surface area contributed by atoms with Crippen LogP contribution >= 0.6 is 0 Å². The van der Waals surface area contributed by atoms with Crippen LogP contribution in [0.5, 0.6) is 0 Å². The van der Waals surface area contributed by atoms with E-state index in [4.69, 9.17) is 5.26 Å². The van der Waals surface area contributed by atoms with Crippen LogP contribution in [-0.2, 0) is 0 Å². The van der Waals surface area contributed by atoms with E-state index in [1.807, 2.05) is 13.0 Å². The van der Waals surface area contributed by atoms with Crippen LogP contribution in [0.15, 0.2) is 24.4 Å². The Morgan fingerprint density at radius 2 is 2.43 bits per heavy atom. The molecule has 0 aromatic carbocycles. The van der Waals surface area contributed by atoms with Gasteiger partial charge in [-0.1, -0.05) is 13.0 Å². The molecule has 1 rings (SSSR count). The van der Waals surface area contributed by atoms with E-state index >= 15 is 0 Å². The summed E-state index contributed by atoms with van der Waals surface area (Å²) in [5, 5.41) is 8.54. The predicted octanol–water partition coefficient (Wildman–Crippen LogP) is 2.20. The fourth-order valence-corrected chi connectivity index (χ4v) is 1.25. The third kappa shape index (κ3) is 2.40. The summed E-state index contributed by atoms with van der Waals surface area (Å²) in [7, 11) is 0. The molecule has 1 aromatic rings. The SMILES string of the molecule is CCC(CC#N)C(=O)c1ccccn1. The standard InChI is InChI=1S/C11H12N2O/c1-2-9(6-7-12)11(14)10-5-3-4-8-13-10/h3-5,8-9H,2,6H2,1H3. The van der Waals surface area contributed by atoms with Crippen LogP contribution in [0.3, 0.4) is 0 Å². The lowest BCUT2D eigenvalue weighted by molar-refractivity contribution is 0.0913. The highest BCUT2D eigenvalue weighted by Gasteiger charge is 2.18. The smallest absolute Gasteiger partial charge is 0.185 e. The number of nitrogens with zero attached hydrogens (tertiary/aromatic N) is 2. The number of ketones is 1. The summed E-state index contributed by atoms with van der Waals surface area (Å²) in [4.78, 5) is 15.7. The number of hydrogen-bond acceptors (Lipinski definition) is 3. The van der Waals surface area contributed by atoms with Crippen molar-refractivity contribution in [2.45, 2.75) is 19.8 Å². The van der Waals surface area contributed by atoms with Gasteiger partial charge in [-0.15, -0.1) is 0 Å². The van der Waals surface area contributed by atoms with Crippen molar-refractivity contribution in [1.82, 2.24) is 4.98 Å². The quantitative estimate of drug-likeness (QED) is 0.680. The number of rotatable bonds is 4. The molecule has 0 aliphatic carbocycles. The number of aromatic nitrogens is 1. The first kappa shape index (κ1) is 10.4. The largest absolute Gasteiger partial charge is 0.292 e. The third-order valence-corrected chi connectivity index (χ3v) is 2.12. The van der Waals surface area contributed by atoms with Crippen LogP contribution in [0.2, 0.25) is 0 Å². The van der Waals surface area contributed by atoms with Crippen LogP contribution in [-0.4, -0.2) is 10.8 Å². The van der Waals surface area contributed by atoms with E-state index in [0.29, 0.717) is 12.1 Å². The summed E-state index contributed by atoms with van der Waals surface area (Å²) in [6.07, 6.45) is 2.54. The van der Waals surface area contributed by atoms with E-state index in [0.717, 1.165) is 0 Å². The molecule has 14 heavy (non-hydrogen) atoms. The van der Waals surface area contributed by atoms with Gasteiger partial charge in [-0.3, -0.25) is 9.78 Å². The Kier molecular flexibility index (Phi) is 3.81. The van der Waals surface area contributed by atoms with Crippen molar-refractivity contribution in [3.8, 4) is 6.07 Å². The zero-order chi connectivity index (χ0) is 10.4. The topological polar surface area (TPSA) is 53.8 Å². The average molecular weight is 188 g/mol. The number of hydrogen-bond donors (Lipinski definition) is 0. The van der Waals surface area contributed by atoms with E-state index < -0.39 is 0 Å². The molecule has 0 bridgehead atoms. The van der Waals surface area contributed by atoms with Crippen LogP contribution in [0.1, 0.15) is 30.3 Å². The highest BCUT2D eigenvalue weighted by atomic mass is 16.1. The van der Waals surface area contributed by atoms with Gasteiger partial charge in [0.05, 0.1) is 6.07 Å². The zero-order valence-corrected chi connectivity index (χ0v) is 8.10. The van der Waals surface area contributed by atoms with E-state index in [9.17, 15) is 4.79 Å². The maximum atomic E-state index is 11.8. The maximum Gasteiger partial charge on any atom is 0.185 e. The second-order valence-corrected chi connectivity index (χ2v) is 3.05. The van der Waals surface area contributed by atoms with E-state index in [2.05, 4.69) is 4.98 Å². The minimum atomic E-state index is -0.213. The molecule has 0 aliphatic rings. The Labute approximate surface area is 83.4 Å². The Balaban J connectivity index is 2.79. The minimum absolute atomic E-state index is 0.0327. The molecule has 0 radical (unpaired) electrons. The molecule has 3 nitrogen and oxygen atoms in total. The molecule has 0 N–H and O–H groups in total. The van der Waals surface area contributed by atoms with Gasteiger partial charge in [-0.25, -0.2) is 0 Å². The van der Waals surface area contributed by atoms with Crippen molar-refractivity contribution in [2.75, 3.05) is 0 Å². The van der Waals surface area contributed by atoms with Crippen LogP contribution in [0, 0.1) is 17.2 Å². The average Bonchev–Trinajstić information content (AvgIpc) is 2.26. The van der Waals surface area contributed by atoms with Crippen LogP contribution in [0.25, 0.3) is 0 Å². The molecule has 1 unspecified atom stereocenters. The molecule has 1 heterocycles. The second kappa shape index (κ2) is 5.13. The zero-order valence-electron chi connectivity index (χ0n) is 8.10. The third-order valence-electron chi connectivity index (χ3n) is 2.12. The molecule has 1 aromatic heterocycles. The fraction of sp³-hybridized carbons (Fsp3) is 0.364. The van der Waals surface area contributed by atoms with Gasteiger partial charge in [0.15, 0.2) is 5.78 Å². The normalized spacial score (nSPS) is 11.7. The number of nitriles is 1. The number of carbonyl (C=O) groups is 1. The van der Waals surface area contributed by atoms with Crippen LogP contribution in [0.4, 0.5) is 0 Å². The Hall–Kier alpha value is -1.69.